The fourth-order valence-electron chi connectivity index (χ4n) is 3.13. The average Bonchev–Trinajstić information content (AvgIpc) is 3.21. The monoisotopic (exact) mass is 343 g/mol. The first-order chi connectivity index (χ1) is 11.7. The first-order valence-electron chi connectivity index (χ1n) is 8.30. The van der Waals surface area contributed by atoms with Crippen molar-refractivity contribution < 1.29 is 4.52 Å². The van der Waals surface area contributed by atoms with Gasteiger partial charge in [-0.2, -0.15) is 4.98 Å². The Bertz CT molecular complexity index is 788. The van der Waals surface area contributed by atoms with Crippen molar-refractivity contribution in [3.8, 4) is 0 Å². The molecule has 1 atom stereocenters. The molecule has 0 amide bonds. The number of piperazine rings is 1. The van der Waals surface area contributed by atoms with E-state index in [9.17, 15) is 0 Å². The summed E-state index contributed by atoms with van der Waals surface area (Å²) >= 11 is 1.81. The lowest BCUT2D eigenvalue weighted by atomic mass is 10.2. The van der Waals surface area contributed by atoms with E-state index in [1.165, 1.54) is 9.71 Å². The van der Waals surface area contributed by atoms with E-state index in [4.69, 9.17) is 9.51 Å². The van der Waals surface area contributed by atoms with Crippen molar-refractivity contribution in [2.75, 3.05) is 26.2 Å². The van der Waals surface area contributed by atoms with Crippen molar-refractivity contribution in [3.05, 3.63) is 41.0 Å². The van der Waals surface area contributed by atoms with Crippen LogP contribution in [0, 0.1) is 6.92 Å². The lowest BCUT2D eigenvalue weighted by Crippen LogP contribution is -2.46. The zero-order valence-electron chi connectivity index (χ0n) is 14.0. The predicted octanol–water partition coefficient (Wildman–Crippen LogP) is 2.87. The molecule has 0 radical (unpaired) electrons. The second-order valence-electron chi connectivity index (χ2n) is 6.24. The lowest BCUT2D eigenvalue weighted by Gasteiger charge is -2.36. The fourth-order valence-corrected chi connectivity index (χ4v) is 4.18. The molecule has 3 aromatic rings. The highest BCUT2D eigenvalue weighted by Gasteiger charge is 2.25. The van der Waals surface area contributed by atoms with Gasteiger partial charge in [0.15, 0.2) is 5.82 Å². The summed E-state index contributed by atoms with van der Waals surface area (Å²) in [6, 6.07) is 8.72. The minimum Gasteiger partial charge on any atom is -0.338 e. The number of aryl methyl sites for hydroxylation is 1. The van der Waals surface area contributed by atoms with Crippen LogP contribution in [-0.2, 0) is 6.54 Å². The third-order valence-electron chi connectivity index (χ3n) is 4.55. The Hall–Kier alpha value is -1.83. The van der Waals surface area contributed by atoms with Gasteiger partial charge in [0.2, 0.25) is 5.89 Å². The van der Waals surface area contributed by atoms with Gasteiger partial charge in [-0.25, -0.2) is 4.98 Å². The van der Waals surface area contributed by atoms with Crippen molar-refractivity contribution in [1.82, 2.24) is 24.9 Å². The Morgan fingerprint density at radius 2 is 1.96 bits per heavy atom. The number of para-hydroxylation sites is 1. The summed E-state index contributed by atoms with van der Waals surface area (Å²) < 4.78 is 6.49. The van der Waals surface area contributed by atoms with Crippen LogP contribution in [0.5, 0.6) is 0 Å². The number of benzene rings is 1. The molecule has 0 saturated carbocycles. The van der Waals surface area contributed by atoms with Crippen molar-refractivity contribution in [1.29, 1.82) is 0 Å². The molecule has 0 spiro atoms. The van der Waals surface area contributed by atoms with E-state index in [0.717, 1.165) is 38.2 Å². The van der Waals surface area contributed by atoms with E-state index in [0.29, 0.717) is 17.8 Å². The quantitative estimate of drug-likeness (QED) is 0.726. The van der Waals surface area contributed by atoms with Crippen LogP contribution in [0.25, 0.3) is 10.2 Å². The zero-order chi connectivity index (χ0) is 16.5. The Kier molecular flexibility index (Phi) is 4.30. The third-order valence-corrected chi connectivity index (χ3v) is 5.76. The summed E-state index contributed by atoms with van der Waals surface area (Å²) in [6.45, 7) is 8.94. The highest BCUT2D eigenvalue weighted by Crippen LogP contribution is 2.29. The van der Waals surface area contributed by atoms with Crippen LogP contribution in [0.4, 0.5) is 0 Å². The first kappa shape index (κ1) is 15.7. The first-order valence-corrected chi connectivity index (χ1v) is 9.12. The molecule has 1 aliphatic heterocycles. The summed E-state index contributed by atoms with van der Waals surface area (Å²) in [5.41, 5.74) is 1.11. The molecule has 0 aliphatic carbocycles. The maximum absolute atomic E-state index is 5.22. The van der Waals surface area contributed by atoms with Gasteiger partial charge < -0.3 is 4.52 Å². The molecule has 4 rings (SSSR count). The summed E-state index contributed by atoms with van der Waals surface area (Å²) in [5.74, 6) is 1.41. The molecule has 0 unspecified atom stereocenters. The summed E-state index contributed by atoms with van der Waals surface area (Å²) in [6.07, 6.45) is 0. The van der Waals surface area contributed by atoms with Crippen LogP contribution in [0.15, 0.2) is 28.8 Å². The molecule has 7 heteroatoms. The summed E-state index contributed by atoms with van der Waals surface area (Å²) in [4.78, 5) is 14.0. The Labute approximate surface area is 145 Å². The Balaban J connectivity index is 1.38. The minimum absolute atomic E-state index is 0.357. The van der Waals surface area contributed by atoms with Gasteiger partial charge in [-0.1, -0.05) is 17.3 Å². The molecule has 0 bridgehead atoms. The van der Waals surface area contributed by atoms with Crippen molar-refractivity contribution in [2.24, 2.45) is 0 Å². The number of thiazole rings is 1. The Morgan fingerprint density at radius 1 is 1.17 bits per heavy atom. The van der Waals surface area contributed by atoms with E-state index >= 15 is 0 Å². The topological polar surface area (TPSA) is 58.3 Å². The normalized spacial score (nSPS) is 18.2. The number of aromatic nitrogens is 3. The molecule has 3 heterocycles. The van der Waals surface area contributed by atoms with Gasteiger partial charge in [0, 0.05) is 26.2 Å². The van der Waals surface area contributed by atoms with E-state index in [1.54, 1.807) is 11.3 Å². The maximum atomic E-state index is 5.22. The molecule has 1 aromatic carbocycles. The molecular weight excluding hydrogens is 322 g/mol. The van der Waals surface area contributed by atoms with Gasteiger partial charge in [0.25, 0.3) is 0 Å². The molecule has 1 aliphatic rings. The Morgan fingerprint density at radius 3 is 2.67 bits per heavy atom. The van der Waals surface area contributed by atoms with E-state index in [1.807, 2.05) is 6.92 Å². The summed E-state index contributed by atoms with van der Waals surface area (Å²) in [7, 11) is 0. The van der Waals surface area contributed by atoms with Gasteiger partial charge >= 0.3 is 0 Å². The smallest absolute Gasteiger partial charge is 0.240 e. The van der Waals surface area contributed by atoms with E-state index < -0.39 is 0 Å². The van der Waals surface area contributed by atoms with Gasteiger partial charge in [-0.15, -0.1) is 11.3 Å². The molecule has 126 valence electrons. The second-order valence-corrected chi connectivity index (χ2v) is 7.31. The number of hydrogen-bond donors (Lipinski definition) is 0. The molecule has 24 heavy (non-hydrogen) atoms. The van der Waals surface area contributed by atoms with Crippen molar-refractivity contribution in [2.45, 2.75) is 26.4 Å². The van der Waals surface area contributed by atoms with Crippen LogP contribution in [0.3, 0.4) is 0 Å². The fraction of sp³-hybridized carbons (Fsp3) is 0.471. The standard InChI is InChI=1S/C17H21N5OS/c1-12(17-19-14-5-3-4-6-15(14)24-17)22-9-7-21(8-10-22)11-16-18-13(2)20-23-16/h3-6,12H,7-11H2,1-2H3/t12-/m0/s1. The van der Waals surface area contributed by atoms with Crippen LogP contribution >= 0.6 is 11.3 Å². The third kappa shape index (κ3) is 3.19. The number of nitrogens with zero attached hydrogens (tertiary/aromatic N) is 5. The van der Waals surface area contributed by atoms with Crippen LogP contribution in [0.1, 0.15) is 29.7 Å². The summed E-state index contributed by atoms with van der Waals surface area (Å²) in [5, 5.41) is 5.06. The second kappa shape index (κ2) is 6.58. The molecular formula is C17H21N5OS. The number of rotatable bonds is 4. The molecule has 0 N–H and O–H groups in total. The molecule has 6 nitrogen and oxygen atoms in total. The number of hydrogen-bond acceptors (Lipinski definition) is 7. The van der Waals surface area contributed by atoms with Crippen molar-refractivity contribution in [3.63, 3.8) is 0 Å². The van der Waals surface area contributed by atoms with Gasteiger partial charge in [0.1, 0.15) is 5.01 Å². The molecule has 2 aromatic heterocycles. The van der Waals surface area contributed by atoms with E-state index in [2.05, 4.69) is 51.1 Å². The predicted molar refractivity (Wildman–Crippen MR) is 93.9 cm³/mol. The van der Waals surface area contributed by atoms with Crippen LogP contribution in [0.2, 0.25) is 0 Å². The largest absolute Gasteiger partial charge is 0.338 e. The van der Waals surface area contributed by atoms with Gasteiger partial charge in [0.05, 0.1) is 22.8 Å². The lowest BCUT2D eigenvalue weighted by molar-refractivity contribution is 0.0904. The average molecular weight is 343 g/mol. The van der Waals surface area contributed by atoms with Gasteiger partial charge in [-0.05, 0) is 26.0 Å². The van der Waals surface area contributed by atoms with Crippen LogP contribution < -0.4 is 0 Å². The SMILES string of the molecule is Cc1noc(CN2CCN([C@@H](C)c3nc4ccccc4s3)CC2)n1. The highest BCUT2D eigenvalue weighted by atomic mass is 32.1. The van der Waals surface area contributed by atoms with Crippen LogP contribution in [-0.4, -0.2) is 51.1 Å². The highest BCUT2D eigenvalue weighted by molar-refractivity contribution is 7.18. The van der Waals surface area contributed by atoms with E-state index in [-0.39, 0.29) is 0 Å². The van der Waals surface area contributed by atoms with Crippen molar-refractivity contribution >= 4 is 21.6 Å². The molecule has 1 fully saturated rings. The number of fused-ring (bicyclic) bond motifs is 1. The van der Waals surface area contributed by atoms with Gasteiger partial charge in [-0.3, -0.25) is 9.80 Å². The zero-order valence-corrected chi connectivity index (χ0v) is 14.8. The maximum Gasteiger partial charge on any atom is 0.240 e. The molecule has 1 saturated heterocycles. The minimum atomic E-state index is 0.357.